The van der Waals surface area contributed by atoms with E-state index >= 15 is 0 Å². The van der Waals surface area contributed by atoms with Crippen LogP contribution in [0.1, 0.15) is 55.3 Å². The fourth-order valence-corrected chi connectivity index (χ4v) is 5.78. The van der Waals surface area contributed by atoms with E-state index in [0.29, 0.717) is 23.0 Å². The Morgan fingerprint density at radius 1 is 1.06 bits per heavy atom. The number of aliphatic hydroxyl groups excluding tert-OH is 1. The first-order chi connectivity index (χ1) is 15.0. The molecule has 1 unspecified atom stereocenters. The van der Waals surface area contributed by atoms with E-state index in [1.165, 1.54) is 17.0 Å². The van der Waals surface area contributed by atoms with Crippen molar-refractivity contribution in [1.29, 1.82) is 0 Å². The van der Waals surface area contributed by atoms with Crippen LogP contribution in [-0.2, 0) is 23.1 Å². The summed E-state index contributed by atoms with van der Waals surface area (Å²) in [5.41, 5.74) is 2.15. The van der Waals surface area contributed by atoms with Crippen LogP contribution in [-0.4, -0.2) is 32.8 Å². The van der Waals surface area contributed by atoms with E-state index in [2.05, 4.69) is 15.0 Å². The maximum absolute atomic E-state index is 13.2. The Bertz CT molecular complexity index is 1160. The maximum Gasteiger partial charge on any atom is 0.243 e. The summed E-state index contributed by atoms with van der Waals surface area (Å²) in [6, 6.07) is 6.48. The quantitative estimate of drug-likeness (QED) is 0.647. The number of aliphatic hydroxyl groups is 1. The number of rotatable bonds is 5. The Morgan fingerprint density at radius 2 is 1.84 bits per heavy atom. The van der Waals surface area contributed by atoms with Gasteiger partial charge in [-0.05, 0) is 43.0 Å². The molecule has 3 aromatic rings. The molecule has 5 rings (SSSR count). The predicted molar refractivity (Wildman–Crippen MR) is 112 cm³/mol. The summed E-state index contributed by atoms with van der Waals surface area (Å²) in [5, 5.41) is 10.7. The van der Waals surface area contributed by atoms with Crippen molar-refractivity contribution >= 4 is 10.0 Å². The van der Waals surface area contributed by atoms with Crippen molar-refractivity contribution < 1.29 is 17.9 Å². The molecule has 0 amide bonds. The lowest BCUT2D eigenvalue weighted by molar-refractivity contribution is 0.0769. The van der Waals surface area contributed by atoms with Gasteiger partial charge in [0, 0.05) is 23.9 Å². The van der Waals surface area contributed by atoms with Crippen LogP contribution in [0.4, 0.5) is 0 Å². The van der Waals surface area contributed by atoms with Gasteiger partial charge in [0.2, 0.25) is 15.9 Å². The standard InChI is InChI=1S/C22H24N4O4S/c27-20(15-4-2-1-3-5-15)21-24-12-17-13-26(14-19(17)25-21)31(28,29)18-8-6-16(7-9-18)22-23-10-11-30-22/h6-12,15,20,27H,1-5,13-14H2. The molecule has 3 heterocycles. The van der Waals surface area contributed by atoms with Gasteiger partial charge in [-0.25, -0.2) is 23.4 Å². The van der Waals surface area contributed by atoms with Crippen LogP contribution < -0.4 is 0 Å². The van der Waals surface area contributed by atoms with Crippen molar-refractivity contribution in [1.82, 2.24) is 19.3 Å². The zero-order valence-electron chi connectivity index (χ0n) is 17.0. The van der Waals surface area contributed by atoms with E-state index in [1.54, 1.807) is 36.7 Å². The zero-order valence-corrected chi connectivity index (χ0v) is 17.8. The van der Waals surface area contributed by atoms with Gasteiger partial charge in [0.1, 0.15) is 12.4 Å². The van der Waals surface area contributed by atoms with Crippen LogP contribution in [0.5, 0.6) is 0 Å². The maximum atomic E-state index is 13.2. The summed E-state index contributed by atoms with van der Waals surface area (Å²) in [5.74, 6) is 1.02. The van der Waals surface area contributed by atoms with E-state index in [4.69, 9.17) is 4.42 Å². The van der Waals surface area contributed by atoms with Gasteiger partial charge in [-0.3, -0.25) is 0 Å². The Balaban J connectivity index is 1.34. The molecule has 1 saturated carbocycles. The molecule has 0 saturated heterocycles. The zero-order chi connectivity index (χ0) is 21.4. The molecule has 31 heavy (non-hydrogen) atoms. The molecule has 1 aliphatic heterocycles. The molecule has 1 aromatic carbocycles. The smallest absolute Gasteiger partial charge is 0.243 e. The third-order valence-electron chi connectivity index (χ3n) is 6.18. The monoisotopic (exact) mass is 440 g/mol. The molecule has 0 radical (unpaired) electrons. The topological polar surface area (TPSA) is 109 Å². The van der Waals surface area contributed by atoms with Gasteiger partial charge in [0.25, 0.3) is 0 Å². The average molecular weight is 441 g/mol. The van der Waals surface area contributed by atoms with E-state index in [9.17, 15) is 13.5 Å². The number of sulfonamides is 1. The minimum absolute atomic E-state index is 0.173. The molecule has 2 aromatic heterocycles. The fourth-order valence-electron chi connectivity index (χ4n) is 4.40. The Hall–Kier alpha value is -2.62. The highest BCUT2D eigenvalue weighted by molar-refractivity contribution is 7.89. The number of hydrogen-bond donors (Lipinski definition) is 1. The second-order valence-electron chi connectivity index (χ2n) is 8.18. The predicted octanol–water partition coefficient (Wildman–Crippen LogP) is 3.45. The second kappa shape index (κ2) is 8.14. The lowest BCUT2D eigenvalue weighted by Gasteiger charge is -2.25. The Morgan fingerprint density at radius 3 is 2.55 bits per heavy atom. The number of oxazole rings is 1. The van der Waals surface area contributed by atoms with Crippen molar-refractivity contribution in [2.45, 2.75) is 56.2 Å². The summed E-state index contributed by atoms with van der Waals surface area (Å²) < 4.78 is 33.0. The van der Waals surface area contributed by atoms with Crippen LogP contribution in [0.25, 0.3) is 11.5 Å². The molecule has 1 N–H and O–H groups in total. The number of hydrogen-bond acceptors (Lipinski definition) is 7. The number of aromatic nitrogens is 3. The van der Waals surface area contributed by atoms with Crippen LogP contribution in [0, 0.1) is 5.92 Å². The summed E-state index contributed by atoms with van der Waals surface area (Å²) in [4.78, 5) is 13.2. The average Bonchev–Trinajstić information content (AvgIpc) is 3.49. The molecule has 8 nitrogen and oxygen atoms in total. The van der Waals surface area contributed by atoms with Gasteiger partial charge in [-0.2, -0.15) is 4.31 Å². The third kappa shape index (κ3) is 3.88. The first-order valence-electron chi connectivity index (χ1n) is 10.6. The Labute approximate surface area is 181 Å². The normalized spacial score (nSPS) is 18.7. The third-order valence-corrected chi connectivity index (χ3v) is 7.98. The van der Waals surface area contributed by atoms with Crippen LogP contribution >= 0.6 is 0 Å². The lowest BCUT2D eigenvalue weighted by Crippen LogP contribution is -2.25. The van der Waals surface area contributed by atoms with Crippen molar-refractivity contribution in [3.05, 3.63) is 60.0 Å². The summed E-state index contributed by atoms with van der Waals surface area (Å²) in [6.07, 6.45) is 9.38. The SMILES string of the molecule is O=S(=O)(c1ccc(-c2ncco2)cc1)N1Cc2cnc(C(O)C3CCCCC3)nc2C1. The van der Waals surface area contributed by atoms with Crippen molar-refractivity contribution in [2.24, 2.45) is 5.92 Å². The van der Waals surface area contributed by atoms with Gasteiger partial charge in [-0.15, -0.1) is 0 Å². The highest BCUT2D eigenvalue weighted by atomic mass is 32.2. The fraction of sp³-hybridized carbons (Fsp3) is 0.409. The van der Waals surface area contributed by atoms with Gasteiger partial charge in [0.05, 0.1) is 23.3 Å². The summed E-state index contributed by atoms with van der Waals surface area (Å²) in [6.45, 7) is 0.394. The molecule has 0 bridgehead atoms. The van der Waals surface area contributed by atoms with Crippen molar-refractivity contribution in [2.75, 3.05) is 0 Å². The Kier molecular flexibility index (Phi) is 5.33. The summed E-state index contributed by atoms with van der Waals surface area (Å²) in [7, 11) is -3.69. The highest BCUT2D eigenvalue weighted by Gasteiger charge is 2.33. The van der Waals surface area contributed by atoms with Gasteiger partial charge < -0.3 is 9.52 Å². The van der Waals surface area contributed by atoms with E-state index in [0.717, 1.165) is 31.2 Å². The molecular weight excluding hydrogens is 416 g/mol. The molecular formula is C22H24N4O4S. The van der Waals surface area contributed by atoms with Crippen molar-refractivity contribution in [3.63, 3.8) is 0 Å². The van der Waals surface area contributed by atoms with Gasteiger partial charge >= 0.3 is 0 Å². The highest BCUT2D eigenvalue weighted by Crippen LogP contribution is 2.34. The number of nitrogens with zero attached hydrogens (tertiary/aromatic N) is 4. The van der Waals surface area contributed by atoms with Crippen LogP contribution in [0.3, 0.4) is 0 Å². The van der Waals surface area contributed by atoms with Crippen LogP contribution in [0.2, 0.25) is 0 Å². The molecule has 2 aliphatic rings. The molecule has 1 aliphatic carbocycles. The molecule has 0 spiro atoms. The molecule has 162 valence electrons. The largest absolute Gasteiger partial charge is 0.445 e. The minimum atomic E-state index is -3.69. The first-order valence-corrected chi connectivity index (χ1v) is 12.0. The number of fused-ring (bicyclic) bond motifs is 1. The molecule has 1 fully saturated rings. The lowest BCUT2D eigenvalue weighted by atomic mass is 9.85. The second-order valence-corrected chi connectivity index (χ2v) is 10.1. The van der Waals surface area contributed by atoms with E-state index in [1.807, 2.05) is 0 Å². The minimum Gasteiger partial charge on any atom is -0.445 e. The van der Waals surface area contributed by atoms with E-state index < -0.39 is 16.1 Å². The molecule has 9 heteroatoms. The van der Waals surface area contributed by atoms with Gasteiger partial charge in [0.15, 0.2) is 5.82 Å². The summed E-state index contributed by atoms with van der Waals surface area (Å²) >= 11 is 0. The number of benzene rings is 1. The first kappa shape index (κ1) is 20.3. The van der Waals surface area contributed by atoms with Crippen molar-refractivity contribution in [3.8, 4) is 11.5 Å². The van der Waals surface area contributed by atoms with E-state index in [-0.39, 0.29) is 23.9 Å². The molecule has 1 atom stereocenters. The van der Waals surface area contributed by atoms with Gasteiger partial charge in [-0.1, -0.05) is 19.3 Å². The van der Waals surface area contributed by atoms with Crippen LogP contribution in [0.15, 0.2) is 52.2 Å².